The Morgan fingerprint density at radius 3 is 2.60 bits per heavy atom. The van der Waals surface area contributed by atoms with Crippen LogP contribution < -0.4 is 11.3 Å². The molecule has 0 aliphatic heterocycles. The van der Waals surface area contributed by atoms with Gasteiger partial charge < -0.3 is 15.2 Å². The Labute approximate surface area is 125 Å². The molecule has 5 nitrogen and oxygen atoms in total. The molecule has 1 rings (SSSR count). The zero-order chi connectivity index (χ0) is 15.3. The van der Waals surface area contributed by atoms with Crippen molar-refractivity contribution >= 4 is 23.2 Å². The molecule has 6 heteroatoms. The number of nitrogens with two attached hydrogens (primary N) is 1. The van der Waals surface area contributed by atoms with Crippen LogP contribution in [0, 0.1) is 0 Å². The molecule has 0 aliphatic carbocycles. The molecule has 0 fully saturated rings. The zero-order valence-electron chi connectivity index (χ0n) is 12.5. The summed E-state index contributed by atoms with van der Waals surface area (Å²) in [5.74, 6) is 5.39. The van der Waals surface area contributed by atoms with Gasteiger partial charge in [0.15, 0.2) is 0 Å². The smallest absolute Gasteiger partial charge is 0.256 e. The number of carbonyl (C=O) groups excluding carboxylic acids is 1. The summed E-state index contributed by atoms with van der Waals surface area (Å²) in [4.78, 5) is 16.6. The molecule has 0 aromatic heterocycles. The van der Waals surface area contributed by atoms with Crippen molar-refractivity contribution in [2.24, 2.45) is 5.84 Å². The third-order valence-electron chi connectivity index (χ3n) is 3.13. The van der Waals surface area contributed by atoms with E-state index < -0.39 is 0 Å². The second kappa shape index (κ2) is 7.47. The molecule has 0 heterocycles. The Balaban J connectivity index is 3.04. The number of rotatable bonds is 6. The van der Waals surface area contributed by atoms with Crippen LogP contribution in [0.4, 0.5) is 5.69 Å². The van der Waals surface area contributed by atoms with Crippen molar-refractivity contribution in [1.29, 1.82) is 0 Å². The first kappa shape index (κ1) is 16.8. The Morgan fingerprint density at radius 1 is 1.45 bits per heavy atom. The number of benzene rings is 1. The van der Waals surface area contributed by atoms with Crippen molar-refractivity contribution in [2.45, 2.75) is 19.9 Å². The Bertz CT molecular complexity index is 464. The van der Waals surface area contributed by atoms with E-state index >= 15 is 0 Å². The van der Waals surface area contributed by atoms with E-state index in [9.17, 15) is 4.79 Å². The molecule has 1 atom stereocenters. The van der Waals surface area contributed by atoms with Gasteiger partial charge in [0.25, 0.3) is 5.91 Å². The fourth-order valence-corrected chi connectivity index (χ4v) is 2.43. The number of nitrogens with zero attached hydrogens (tertiary/aromatic N) is 2. The number of nitrogens with one attached hydrogen (secondary N) is 1. The van der Waals surface area contributed by atoms with E-state index in [1.807, 2.05) is 32.8 Å². The van der Waals surface area contributed by atoms with Crippen molar-refractivity contribution in [3.05, 3.63) is 28.8 Å². The molecule has 1 amide bonds. The number of likely N-dealkylation sites (N-methyl/N-ethyl adjacent to an activating group) is 2. The normalized spacial score (nSPS) is 12.3. The van der Waals surface area contributed by atoms with Crippen molar-refractivity contribution in [2.75, 3.05) is 32.6 Å². The summed E-state index contributed by atoms with van der Waals surface area (Å²) in [6.45, 7) is 5.42. The minimum atomic E-state index is -0.0719. The molecule has 1 aromatic carbocycles. The van der Waals surface area contributed by atoms with Crippen molar-refractivity contribution in [1.82, 2.24) is 9.80 Å². The number of anilines is 1. The first-order valence-corrected chi connectivity index (χ1v) is 7.00. The van der Waals surface area contributed by atoms with Crippen molar-refractivity contribution < 1.29 is 4.79 Å². The molecule has 1 unspecified atom stereocenters. The lowest BCUT2D eigenvalue weighted by Crippen LogP contribution is -2.44. The highest BCUT2D eigenvalue weighted by atomic mass is 35.5. The highest BCUT2D eigenvalue weighted by molar-refractivity contribution is 6.31. The summed E-state index contributed by atoms with van der Waals surface area (Å²) in [5.41, 5.74) is 3.62. The van der Waals surface area contributed by atoms with Crippen LogP contribution in [0.5, 0.6) is 0 Å². The predicted octanol–water partition coefficient (Wildman–Crippen LogP) is 2.04. The molecular weight excluding hydrogens is 276 g/mol. The second-order valence-corrected chi connectivity index (χ2v) is 5.47. The topological polar surface area (TPSA) is 61.6 Å². The Kier molecular flexibility index (Phi) is 6.26. The van der Waals surface area contributed by atoms with Gasteiger partial charge >= 0.3 is 0 Å². The van der Waals surface area contributed by atoms with Gasteiger partial charge in [0, 0.05) is 24.2 Å². The summed E-state index contributed by atoms with van der Waals surface area (Å²) in [6.07, 6.45) is 0. The van der Waals surface area contributed by atoms with Gasteiger partial charge in [0.05, 0.1) is 11.3 Å². The maximum absolute atomic E-state index is 12.7. The first-order chi connectivity index (χ1) is 9.40. The van der Waals surface area contributed by atoms with Gasteiger partial charge in [-0.15, -0.1) is 0 Å². The maximum atomic E-state index is 12.7. The van der Waals surface area contributed by atoms with Crippen LogP contribution in [-0.2, 0) is 0 Å². The van der Waals surface area contributed by atoms with Gasteiger partial charge in [-0.2, -0.15) is 0 Å². The zero-order valence-corrected chi connectivity index (χ0v) is 13.2. The fourth-order valence-electron chi connectivity index (χ4n) is 2.26. The molecule has 0 saturated carbocycles. The molecule has 112 valence electrons. The van der Waals surface area contributed by atoms with Crippen molar-refractivity contribution in [3.63, 3.8) is 0 Å². The van der Waals surface area contributed by atoms with Gasteiger partial charge in [-0.05, 0) is 46.1 Å². The minimum absolute atomic E-state index is 0.0719. The predicted molar refractivity (Wildman–Crippen MR) is 84.0 cm³/mol. The fraction of sp³-hybridized carbons (Fsp3) is 0.500. The van der Waals surface area contributed by atoms with Gasteiger partial charge in [0.2, 0.25) is 0 Å². The molecule has 0 aliphatic rings. The molecule has 0 bridgehead atoms. The van der Waals surface area contributed by atoms with Crippen LogP contribution in [0.1, 0.15) is 24.2 Å². The monoisotopic (exact) mass is 298 g/mol. The second-order valence-electron chi connectivity index (χ2n) is 5.04. The molecule has 20 heavy (non-hydrogen) atoms. The number of carbonyl (C=O) groups is 1. The first-order valence-electron chi connectivity index (χ1n) is 6.62. The molecule has 0 spiro atoms. The van der Waals surface area contributed by atoms with E-state index in [1.165, 1.54) is 0 Å². The summed E-state index contributed by atoms with van der Waals surface area (Å²) in [6, 6.07) is 5.16. The summed E-state index contributed by atoms with van der Waals surface area (Å²) in [7, 11) is 3.97. The van der Waals surface area contributed by atoms with Crippen LogP contribution >= 0.6 is 11.6 Å². The van der Waals surface area contributed by atoms with Crippen LogP contribution in [-0.4, -0.2) is 48.9 Å². The molecule has 0 radical (unpaired) electrons. The van der Waals surface area contributed by atoms with Crippen molar-refractivity contribution in [3.8, 4) is 0 Å². The highest BCUT2D eigenvalue weighted by Gasteiger charge is 2.22. The SMILES string of the molecule is CCN(C(=O)c1cc(Cl)ccc1NN)C(C)CN(C)C. The van der Waals surface area contributed by atoms with Gasteiger partial charge in [-0.1, -0.05) is 11.6 Å². The highest BCUT2D eigenvalue weighted by Crippen LogP contribution is 2.22. The third-order valence-corrected chi connectivity index (χ3v) is 3.37. The molecule has 3 N–H and O–H groups in total. The lowest BCUT2D eigenvalue weighted by Gasteiger charge is -2.30. The van der Waals surface area contributed by atoms with Gasteiger partial charge in [-0.3, -0.25) is 10.6 Å². The Morgan fingerprint density at radius 2 is 2.10 bits per heavy atom. The molecule has 0 saturated heterocycles. The largest absolute Gasteiger partial charge is 0.335 e. The number of hydrogen-bond donors (Lipinski definition) is 2. The van der Waals surface area contributed by atoms with E-state index in [2.05, 4.69) is 10.3 Å². The maximum Gasteiger partial charge on any atom is 0.256 e. The molecular formula is C14H23ClN4O. The van der Waals surface area contributed by atoms with E-state index in [1.54, 1.807) is 18.2 Å². The Hall–Kier alpha value is -1.30. The summed E-state index contributed by atoms with van der Waals surface area (Å²) < 4.78 is 0. The third kappa shape index (κ3) is 4.10. The van der Waals surface area contributed by atoms with E-state index in [0.717, 1.165) is 6.54 Å². The van der Waals surface area contributed by atoms with E-state index in [-0.39, 0.29) is 11.9 Å². The van der Waals surface area contributed by atoms with Crippen LogP contribution in [0.15, 0.2) is 18.2 Å². The van der Waals surface area contributed by atoms with E-state index in [0.29, 0.717) is 22.8 Å². The number of halogens is 1. The lowest BCUT2D eigenvalue weighted by atomic mass is 10.1. The van der Waals surface area contributed by atoms with Gasteiger partial charge in [-0.25, -0.2) is 0 Å². The number of hydrogen-bond acceptors (Lipinski definition) is 4. The number of nitrogen functional groups attached to an aromatic ring is 1. The lowest BCUT2D eigenvalue weighted by molar-refractivity contribution is 0.0680. The quantitative estimate of drug-likeness (QED) is 0.623. The van der Waals surface area contributed by atoms with Crippen LogP contribution in [0.3, 0.4) is 0 Å². The average molecular weight is 299 g/mol. The number of amides is 1. The van der Waals surface area contributed by atoms with Crippen LogP contribution in [0.25, 0.3) is 0 Å². The average Bonchev–Trinajstić information content (AvgIpc) is 2.38. The summed E-state index contributed by atoms with van der Waals surface area (Å²) in [5, 5.41) is 0.517. The van der Waals surface area contributed by atoms with Crippen LogP contribution in [0.2, 0.25) is 5.02 Å². The number of hydrazine groups is 1. The van der Waals surface area contributed by atoms with Gasteiger partial charge in [0.1, 0.15) is 0 Å². The summed E-state index contributed by atoms with van der Waals surface area (Å²) >= 11 is 5.98. The molecule has 1 aromatic rings. The standard InChI is InChI=1S/C14H23ClN4O/c1-5-19(10(2)9-18(3)4)14(20)12-8-11(15)6-7-13(12)17-16/h6-8,10,17H,5,9,16H2,1-4H3. The minimum Gasteiger partial charge on any atom is -0.335 e. The van der Waals surface area contributed by atoms with E-state index in [4.69, 9.17) is 17.4 Å².